The van der Waals surface area contributed by atoms with Gasteiger partial charge in [-0.1, -0.05) is 19.9 Å². The molecule has 2 heterocycles. The van der Waals surface area contributed by atoms with E-state index in [-0.39, 0.29) is 16.8 Å². The highest BCUT2D eigenvalue weighted by molar-refractivity contribution is 7.89. The minimum atomic E-state index is -3.53. The number of nitrogens with zero attached hydrogens (tertiary/aromatic N) is 1. The van der Waals surface area contributed by atoms with Gasteiger partial charge in [-0.05, 0) is 35.7 Å². The summed E-state index contributed by atoms with van der Waals surface area (Å²) in [6.45, 7) is 8.25. The third-order valence-electron chi connectivity index (χ3n) is 5.44. The number of carbonyl (C=O) groups excluding carboxylic acids is 1. The Morgan fingerprint density at radius 1 is 1.17 bits per heavy atom. The molecule has 0 bridgehead atoms. The van der Waals surface area contributed by atoms with Crippen LogP contribution >= 0.6 is 11.3 Å². The number of ether oxygens (including phenoxy) is 1. The molecule has 0 aliphatic carbocycles. The van der Waals surface area contributed by atoms with Crippen LogP contribution in [0.1, 0.15) is 35.1 Å². The SMILES string of the molecule is CCN(CC)S(=O)(=O)c1ccc(C(=O)NC[C@H](c2cccs2)[NH+]2CCOCC2)cc1. The number of amides is 1. The topological polar surface area (TPSA) is 80.2 Å². The largest absolute Gasteiger partial charge is 0.370 e. The molecular formula is C21H30N3O4S2+. The van der Waals surface area contributed by atoms with E-state index in [1.54, 1.807) is 23.5 Å². The number of carbonyl (C=O) groups is 1. The first-order valence-corrected chi connectivity index (χ1v) is 12.6. The maximum Gasteiger partial charge on any atom is 0.251 e. The Hall–Kier alpha value is -1.78. The summed E-state index contributed by atoms with van der Waals surface area (Å²) in [6.07, 6.45) is 0. The summed E-state index contributed by atoms with van der Waals surface area (Å²) in [5.74, 6) is -0.198. The Bertz CT molecular complexity index is 904. The molecule has 1 aromatic carbocycles. The van der Waals surface area contributed by atoms with Crippen LogP contribution in [-0.2, 0) is 14.8 Å². The van der Waals surface area contributed by atoms with Crippen molar-refractivity contribution >= 4 is 27.3 Å². The van der Waals surface area contributed by atoms with Gasteiger partial charge in [0.2, 0.25) is 10.0 Å². The third-order valence-corrected chi connectivity index (χ3v) is 8.49. The fourth-order valence-electron chi connectivity index (χ4n) is 3.71. The van der Waals surface area contributed by atoms with E-state index >= 15 is 0 Å². The number of sulfonamides is 1. The van der Waals surface area contributed by atoms with E-state index in [4.69, 9.17) is 4.74 Å². The normalized spacial score (nSPS) is 16.5. The van der Waals surface area contributed by atoms with E-state index in [1.165, 1.54) is 26.2 Å². The second-order valence-corrected chi connectivity index (χ2v) is 10.1. The Labute approximate surface area is 182 Å². The molecule has 0 radical (unpaired) electrons. The number of hydrogen-bond acceptors (Lipinski definition) is 5. The smallest absolute Gasteiger partial charge is 0.251 e. The van der Waals surface area contributed by atoms with Gasteiger partial charge in [0.15, 0.2) is 0 Å². The maximum atomic E-state index is 12.7. The van der Waals surface area contributed by atoms with Crippen LogP contribution in [0.15, 0.2) is 46.7 Å². The van der Waals surface area contributed by atoms with Gasteiger partial charge in [0.25, 0.3) is 5.91 Å². The molecule has 2 aromatic rings. The maximum absolute atomic E-state index is 12.7. The van der Waals surface area contributed by atoms with Gasteiger partial charge in [-0.15, -0.1) is 11.3 Å². The number of thiophene rings is 1. The summed E-state index contributed by atoms with van der Waals surface area (Å²) in [6, 6.07) is 10.5. The lowest BCUT2D eigenvalue weighted by molar-refractivity contribution is -0.937. The molecular weight excluding hydrogens is 422 g/mol. The molecule has 0 spiro atoms. The van der Waals surface area contributed by atoms with Gasteiger partial charge in [-0.25, -0.2) is 8.42 Å². The second kappa shape index (κ2) is 10.5. The van der Waals surface area contributed by atoms with Crippen molar-refractivity contribution in [3.05, 3.63) is 52.2 Å². The Morgan fingerprint density at radius 3 is 2.40 bits per heavy atom. The van der Waals surface area contributed by atoms with E-state index in [0.717, 1.165) is 26.3 Å². The predicted octanol–water partition coefficient (Wildman–Crippen LogP) is 1.16. The first-order chi connectivity index (χ1) is 14.5. The van der Waals surface area contributed by atoms with Crippen LogP contribution in [0.4, 0.5) is 0 Å². The molecule has 2 N–H and O–H groups in total. The van der Waals surface area contributed by atoms with Crippen molar-refractivity contribution in [2.24, 2.45) is 0 Å². The number of hydrogen-bond donors (Lipinski definition) is 2. The molecule has 3 rings (SSSR count). The Kier molecular flexibility index (Phi) is 8.01. The van der Waals surface area contributed by atoms with E-state index in [2.05, 4.69) is 16.8 Å². The van der Waals surface area contributed by atoms with Gasteiger partial charge < -0.3 is 15.0 Å². The first kappa shape index (κ1) is 22.9. The van der Waals surface area contributed by atoms with Crippen molar-refractivity contribution in [2.45, 2.75) is 24.8 Å². The fraction of sp³-hybridized carbons (Fsp3) is 0.476. The zero-order chi connectivity index (χ0) is 21.6. The zero-order valence-corrected chi connectivity index (χ0v) is 19.1. The lowest BCUT2D eigenvalue weighted by atomic mass is 10.1. The van der Waals surface area contributed by atoms with Crippen LogP contribution < -0.4 is 10.2 Å². The lowest BCUT2D eigenvalue weighted by Gasteiger charge is -2.31. The van der Waals surface area contributed by atoms with Crippen molar-refractivity contribution in [1.82, 2.24) is 9.62 Å². The molecule has 7 nitrogen and oxygen atoms in total. The van der Waals surface area contributed by atoms with E-state index in [9.17, 15) is 13.2 Å². The van der Waals surface area contributed by atoms with Gasteiger partial charge in [0.1, 0.15) is 19.1 Å². The molecule has 1 amide bonds. The molecule has 164 valence electrons. The number of benzene rings is 1. The number of quaternary nitrogens is 1. The lowest BCUT2D eigenvalue weighted by Crippen LogP contribution is -3.15. The standard InChI is InChI=1S/C21H29N3O4S2/c1-3-24(4-2)30(26,27)18-9-7-17(8-10-18)21(25)22-16-19(20-6-5-15-29-20)23-11-13-28-14-12-23/h5-10,15,19H,3-4,11-14,16H2,1-2H3,(H,22,25)/p+1/t19-/m1/s1. The summed E-state index contributed by atoms with van der Waals surface area (Å²) >= 11 is 1.70. The molecule has 1 saturated heterocycles. The minimum absolute atomic E-state index is 0.181. The molecule has 1 atom stereocenters. The van der Waals surface area contributed by atoms with Crippen LogP contribution in [0.3, 0.4) is 0 Å². The quantitative estimate of drug-likeness (QED) is 0.599. The monoisotopic (exact) mass is 452 g/mol. The van der Waals surface area contributed by atoms with Crippen LogP contribution in [0.5, 0.6) is 0 Å². The van der Waals surface area contributed by atoms with Crippen LogP contribution in [0, 0.1) is 0 Å². The molecule has 0 unspecified atom stereocenters. The summed E-state index contributed by atoms with van der Waals surface area (Å²) < 4.78 is 32.1. The van der Waals surface area contributed by atoms with Crippen molar-refractivity contribution in [3.8, 4) is 0 Å². The van der Waals surface area contributed by atoms with E-state index < -0.39 is 10.0 Å². The first-order valence-electron chi connectivity index (χ1n) is 10.3. The minimum Gasteiger partial charge on any atom is -0.370 e. The van der Waals surface area contributed by atoms with Crippen LogP contribution in [0.25, 0.3) is 0 Å². The average Bonchev–Trinajstić information content (AvgIpc) is 3.30. The molecule has 1 aromatic heterocycles. The molecule has 9 heteroatoms. The summed E-state index contributed by atoms with van der Waals surface area (Å²) in [5, 5.41) is 5.09. The predicted molar refractivity (Wildman–Crippen MR) is 117 cm³/mol. The number of rotatable bonds is 9. The van der Waals surface area contributed by atoms with Gasteiger partial charge in [0, 0.05) is 18.7 Å². The van der Waals surface area contributed by atoms with Gasteiger partial charge in [-0.3, -0.25) is 4.79 Å². The molecule has 30 heavy (non-hydrogen) atoms. The van der Waals surface area contributed by atoms with Crippen molar-refractivity contribution in [3.63, 3.8) is 0 Å². The molecule has 1 fully saturated rings. The van der Waals surface area contributed by atoms with Gasteiger partial charge >= 0.3 is 0 Å². The third kappa shape index (κ3) is 5.28. The summed E-state index contributed by atoms with van der Waals surface area (Å²) in [4.78, 5) is 15.6. The summed E-state index contributed by atoms with van der Waals surface area (Å²) in [5.41, 5.74) is 0.454. The zero-order valence-electron chi connectivity index (χ0n) is 17.5. The van der Waals surface area contributed by atoms with Crippen molar-refractivity contribution in [1.29, 1.82) is 0 Å². The molecule has 1 aliphatic heterocycles. The average molecular weight is 453 g/mol. The highest BCUT2D eigenvalue weighted by atomic mass is 32.2. The number of nitrogens with one attached hydrogen (secondary N) is 2. The highest BCUT2D eigenvalue weighted by Crippen LogP contribution is 2.18. The molecule has 1 aliphatic rings. The Balaban J connectivity index is 1.67. The van der Waals surface area contributed by atoms with Crippen molar-refractivity contribution in [2.75, 3.05) is 45.9 Å². The Morgan fingerprint density at radius 2 is 1.83 bits per heavy atom. The van der Waals surface area contributed by atoms with E-state index in [1.807, 2.05) is 19.9 Å². The van der Waals surface area contributed by atoms with Gasteiger partial charge in [0.05, 0.1) is 29.5 Å². The second-order valence-electron chi connectivity index (χ2n) is 7.16. The summed E-state index contributed by atoms with van der Waals surface area (Å²) in [7, 11) is -3.53. The van der Waals surface area contributed by atoms with Crippen LogP contribution in [-0.4, -0.2) is 64.6 Å². The van der Waals surface area contributed by atoms with Crippen LogP contribution in [0.2, 0.25) is 0 Å². The molecule has 0 saturated carbocycles. The number of morpholine rings is 1. The van der Waals surface area contributed by atoms with Gasteiger partial charge in [-0.2, -0.15) is 4.31 Å². The van der Waals surface area contributed by atoms with Crippen molar-refractivity contribution < 1.29 is 22.8 Å². The fourth-order valence-corrected chi connectivity index (χ4v) is 6.05. The highest BCUT2D eigenvalue weighted by Gasteiger charge is 2.28. The van der Waals surface area contributed by atoms with E-state index in [0.29, 0.717) is 25.2 Å².